The first-order valence-corrected chi connectivity index (χ1v) is 39.6. The highest BCUT2D eigenvalue weighted by molar-refractivity contribution is 7.85. The number of nitrogens with one attached hydrogen (secondary N) is 4. The fourth-order valence-electron chi connectivity index (χ4n) is 8.25. The Bertz CT molecular complexity index is 2680. The van der Waals surface area contributed by atoms with Gasteiger partial charge in [0, 0.05) is 39.8 Å². The standard InChI is InChI=1S/2C7H13NO2.C7H15NO.C6H11NO3.C5H9NO3.C5H9NO2.C4H9NO3.C4H9NO2.C3H10NO3P.C3H9NO3S.C3H7NO2.C2H8NO3P.C2H7NO3S/c1-8-4-2-6(3-5-8)7(9)10;1-8-5-3-2-4-6(8)7(9)10;1-8-5-3-7(9-2)4-6-8;1-7-2-3-10-4-5(7)6(8)9;1-6-3-9-2-4(6)5(7)8;1-6-2-4(3-6)5(7)8;1-5-3(2-6)4(7)8;1-5(2)3-4(6)7;2*1-4(2)3-8(5,6)7;1-4-2-3(5)6;2*1-3-2-7(4,5)6/h2*6H,2-5H2,1H3,(H,9,10);7H,3-6H2,1-2H3;5H,2-4H2,1H3,(H,8,9);4H,2-3H2,1H3,(H,7,8);4H,2-3H2,1H3,(H,7,8);3,5-6H,2H2,1H3,(H,7,8);3H2,1-2H3,(H,6,7);3H2,1-2H3,(H2,5,6,7);3H2,1-2H3,(H,5,6,7);4H,2H2,1H3,(H,5,6);3H,2H2,1H3,(H2,4,5,6);3H,2H2,1H3,(H,4,5,6). The number of aliphatic hydroxyl groups excluding tert-OH is 1. The summed E-state index contributed by atoms with van der Waals surface area (Å²) in [6.07, 6.45) is 7.15. The quantitative estimate of drug-likeness (QED) is 0.0378. The summed E-state index contributed by atoms with van der Waals surface area (Å²) < 4.78 is 90.4. The third-order valence-electron chi connectivity index (χ3n) is 13.8. The van der Waals surface area contributed by atoms with Gasteiger partial charge < -0.3 is 116 Å². The van der Waals surface area contributed by atoms with E-state index in [-0.39, 0.29) is 61.9 Å². The minimum atomic E-state index is -3.80. The van der Waals surface area contributed by atoms with Gasteiger partial charge in [0.2, 0.25) is 0 Å². The Hall–Kier alpha value is -4.80. The third kappa shape index (κ3) is 82.0. The number of piperidine rings is 3. The predicted molar refractivity (Wildman–Crippen MR) is 394 cm³/mol. The zero-order chi connectivity index (χ0) is 85.2. The molecule has 0 radical (unpaired) electrons. The van der Waals surface area contributed by atoms with Crippen LogP contribution in [0.1, 0.15) is 44.9 Å². The molecule has 0 aromatic rings. The molecule has 640 valence electrons. The molecular formula is C58H129N13O32P2S2. The highest BCUT2D eigenvalue weighted by Gasteiger charge is 2.30. The molecule has 6 aliphatic rings. The molecule has 0 amide bonds. The second-order valence-electron chi connectivity index (χ2n) is 25.1. The van der Waals surface area contributed by atoms with Crippen LogP contribution in [0.15, 0.2) is 0 Å². The molecule has 0 aromatic heterocycles. The number of aliphatic carboxylic acids is 8. The summed E-state index contributed by atoms with van der Waals surface area (Å²) in [5, 5.41) is 84.4. The topological polar surface area (TPSA) is 647 Å². The fourth-order valence-corrected chi connectivity index (χ4v) is 10.4. The van der Waals surface area contributed by atoms with Gasteiger partial charge >= 0.3 is 62.9 Å². The monoisotopic (exact) mass is 1650 g/mol. The van der Waals surface area contributed by atoms with E-state index in [4.69, 9.17) is 88.8 Å². The van der Waals surface area contributed by atoms with E-state index in [2.05, 4.69) is 38.1 Å². The van der Waals surface area contributed by atoms with Gasteiger partial charge in [-0.05, 0) is 171 Å². The molecule has 6 fully saturated rings. The summed E-state index contributed by atoms with van der Waals surface area (Å²) in [6, 6.07) is -1.94. The van der Waals surface area contributed by atoms with Crippen LogP contribution in [0, 0.1) is 11.8 Å². The van der Waals surface area contributed by atoms with Crippen LogP contribution in [0.5, 0.6) is 0 Å². The first-order chi connectivity index (χ1) is 48.9. The van der Waals surface area contributed by atoms with Crippen molar-refractivity contribution >= 4 is 83.2 Å². The van der Waals surface area contributed by atoms with Gasteiger partial charge in [-0.1, -0.05) is 6.42 Å². The van der Waals surface area contributed by atoms with Crippen molar-refractivity contribution in [1.29, 1.82) is 0 Å². The van der Waals surface area contributed by atoms with Crippen LogP contribution in [-0.4, -0.2) is 456 Å². The number of likely N-dealkylation sites (N-methyl/N-ethyl adjacent to an activating group) is 6. The lowest BCUT2D eigenvalue weighted by Gasteiger charge is -2.32. The summed E-state index contributed by atoms with van der Waals surface area (Å²) in [5.41, 5.74) is 0. The molecule has 0 aliphatic carbocycles. The lowest BCUT2D eigenvalue weighted by Crippen LogP contribution is -2.47. The molecule has 6 saturated heterocycles. The number of hydrogen-bond acceptors (Lipinski definition) is 31. The van der Waals surface area contributed by atoms with Crippen molar-refractivity contribution in [2.75, 3.05) is 243 Å². The van der Waals surface area contributed by atoms with Crippen LogP contribution in [0.3, 0.4) is 0 Å². The van der Waals surface area contributed by atoms with Crippen molar-refractivity contribution in [3.63, 3.8) is 0 Å². The molecule has 0 spiro atoms. The molecule has 6 rings (SSSR count). The van der Waals surface area contributed by atoms with E-state index in [0.717, 1.165) is 64.8 Å². The molecule has 0 bridgehead atoms. The number of morpholine rings is 1. The number of carboxylic acids is 8. The van der Waals surface area contributed by atoms with Gasteiger partial charge in [-0.25, -0.2) is 0 Å². The number of ether oxygens (including phenoxy) is 3. The SMILES string of the molecule is CN(C)CC(=O)O.CN(C)CP(=O)(O)O.CN(C)CS(=O)(=O)O.CN1CC(C(=O)O)C1.CN1CCC(C(=O)O)CC1.CN1CCCCC1C(=O)O.CN1CCOCC1C(=O)O.CN1COCC1C(=O)O.CNC(CO)C(=O)O.CNCC(=O)O.CNCP(=O)(O)O.CNCS(=O)(=O)O.COC1CCN(C)CC1. The molecule has 19 N–H and O–H groups in total. The molecule has 4 atom stereocenters. The van der Waals surface area contributed by atoms with Crippen LogP contribution in [0.25, 0.3) is 0 Å². The lowest BCUT2D eigenvalue weighted by atomic mass is 9.98. The van der Waals surface area contributed by atoms with Gasteiger partial charge in [-0.2, -0.15) is 16.8 Å². The third-order valence-corrected chi connectivity index (χ3v) is 17.0. The van der Waals surface area contributed by atoms with Gasteiger partial charge in [0.1, 0.15) is 42.2 Å². The van der Waals surface area contributed by atoms with Gasteiger partial charge in [0.15, 0.2) is 0 Å². The molecule has 45 nitrogen and oxygen atoms in total. The van der Waals surface area contributed by atoms with E-state index >= 15 is 0 Å². The Balaban J connectivity index is -0.000000203. The highest BCUT2D eigenvalue weighted by atomic mass is 32.2. The zero-order valence-electron chi connectivity index (χ0n) is 64.8. The molecule has 49 heteroatoms. The van der Waals surface area contributed by atoms with Gasteiger partial charge in [0.05, 0.1) is 70.5 Å². The average molecular weight is 1650 g/mol. The van der Waals surface area contributed by atoms with E-state index in [1.165, 1.54) is 56.9 Å². The van der Waals surface area contributed by atoms with Crippen LogP contribution < -0.4 is 21.3 Å². The van der Waals surface area contributed by atoms with Crippen molar-refractivity contribution in [3.8, 4) is 0 Å². The first-order valence-electron chi connectivity index (χ1n) is 32.8. The first kappa shape index (κ1) is 115. The van der Waals surface area contributed by atoms with Gasteiger partial charge in [-0.3, -0.25) is 86.0 Å². The number of methoxy groups -OCH3 is 1. The number of aliphatic hydroxyl groups is 1. The van der Waals surface area contributed by atoms with Crippen LogP contribution >= 0.6 is 15.2 Å². The Morgan fingerprint density at radius 2 is 0.972 bits per heavy atom. The number of carboxylic acid groups (broad SMARTS) is 8. The van der Waals surface area contributed by atoms with E-state index in [1.807, 2.05) is 30.9 Å². The highest BCUT2D eigenvalue weighted by Crippen LogP contribution is 2.34. The second-order valence-corrected chi connectivity index (χ2v) is 31.2. The fraction of sp³-hybridized carbons (Fsp3) is 0.862. The van der Waals surface area contributed by atoms with E-state index in [0.29, 0.717) is 39.2 Å². The molecule has 6 heterocycles. The Kier molecular flexibility index (Phi) is 71.1. The van der Waals surface area contributed by atoms with Crippen molar-refractivity contribution in [2.24, 2.45) is 11.8 Å². The van der Waals surface area contributed by atoms with Gasteiger partial charge in [0.25, 0.3) is 20.2 Å². The number of rotatable bonds is 21. The molecule has 0 saturated carbocycles. The number of likely N-dealkylation sites (tertiary alicyclic amines) is 4. The molecule has 6 aliphatic heterocycles. The maximum atomic E-state index is 10.5. The van der Waals surface area contributed by atoms with Crippen LogP contribution in [0.4, 0.5) is 0 Å². The van der Waals surface area contributed by atoms with Crippen molar-refractivity contribution < 1.29 is 153 Å². The summed E-state index contributed by atoms with van der Waals surface area (Å²) in [4.78, 5) is 130. The minimum Gasteiger partial charge on any atom is -0.481 e. The second kappa shape index (κ2) is 65.9. The summed E-state index contributed by atoms with van der Waals surface area (Å²) >= 11 is 0. The summed E-state index contributed by atoms with van der Waals surface area (Å²) in [6.45, 7) is 8.78. The maximum Gasteiger partial charge on any atom is 0.339 e. The number of carbonyl (C=O) groups is 8. The largest absolute Gasteiger partial charge is 0.481 e. The molecular weight excluding hydrogens is 1520 g/mol. The van der Waals surface area contributed by atoms with Crippen molar-refractivity contribution in [1.82, 2.24) is 65.4 Å². The number of nitrogens with zero attached hydrogens (tertiary/aromatic N) is 9. The van der Waals surface area contributed by atoms with E-state index in [9.17, 15) is 64.3 Å². The smallest absolute Gasteiger partial charge is 0.339 e. The maximum absolute atomic E-state index is 10.5. The Labute approximate surface area is 629 Å². The molecule has 107 heavy (non-hydrogen) atoms. The van der Waals surface area contributed by atoms with Crippen LogP contribution in [-0.2, 0) is 81.9 Å². The van der Waals surface area contributed by atoms with E-state index < -0.39 is 101 Å². The number of hydrogen-bond donors (Lipinski definition) is 19. The summed E-state index contributed by atoms with van der Waals surface area (Å²) in [5.74, 6) is -7.11. The summed E-state index contributed by atoms with van der Waals surface area (Å²) in [7, 11) is 13.9. The Morgan fingerprint density at radius 3 is 1.14 bits per heavy atom. The average Bonchev–Trinajstić information content (AvgIpc) is 1.72. The minimum absolute atomic E-state index is 0.0417. The zero-order valence-corrected chi connectivity index (χ0v) is 68.2. The molecule has 4 unspecified atom stereocenters. The predicted octanol–water partition coefficient (Wildman–Crippen LogP) is -4.87. The lowest BCUT2D eigenvalue weighted by molar-refractivity contribution is -0.149. The van der Waals surface area contributed by atoms with Crippen molar-refractivity contribution in [2.45, 2.75) is 75.2 Å². The molecule has 0 aromatic carbocycles. The Morgan fingerprint density at radius 1 is 0.523 bits per heavy atom. The normalized spacial score (nSPS) is 19.1. The van der Waals surface area contributed by atoms with Gasteiger partial charge in [-0.15, -0.1) is 0 Å². The van der Waals surface area contributed by atoms with Crippen LogP contribution in [0.2, 0.25) is 0 Å². The van der Waals surface area contributed by atoms with E-state index in [1.54, 1.807) is 85.2 Å². The van der Waals surface area contributed by atoms with Crippen molar-refractivity contribution in [3.05, 3.63) is 0 Å².